The second-order valence-electron chi connectivity index (χ2n) is 4.49. The van der Waals surface area contributed by atoms with Gasteiger partial charge in [0.15, 0.2) is 0 Å². The van der Waals surface area contributed by atoms with Gasteiger partial charge >= 0.3 is 5.97 Å². The average Bonchev–Trinajstić information content (AvgIpc) is 2.38. The van der Waals surface area contributed by atoms with E-state index < -0.39 is 5.97 Å². The van der Waals surface area contributed by atoms with Crippen molar-refractivity contribution < 1.29 is 9.90 Å². The number of aliphatic carboxylic acids is 1. The van der Waals surface area contributed by atoms with Crippen molar-refractivity contribution >= 4 is 11.5 Å². The highest BCUT2D eigenvalue weighted by Gasteiger charge is 2.08. The Bertz CT molecular complexity index is 379. The molecule has 0 aliphatic carbocycles. The Kier molecular flexibility index (Phi) is 6.85. The summed E-state index contributed by atoms with van der Waals surface area (Å²) in [4.78, 5) is 11.2. The van der Waals surface area contributed by atoms with E-state index in [1.165, 1.54) is 25.7 Å². The summed E-state index contributed by atoms with van der Waals surface area (Å²) in [6, 6.07) is 9.32. The van der Waals surface area contributed by atoms with Crippen molar-refractivity contribution in [3.63, 3.8) is 0 Å². The van der Waals surface area contributed by atoms with Crippen molar-refractivity contribution in [1.82, 2.24) is 0 Å². The van der Waals surface area contributed by atoms with Crippen molar-refractivity contribution in [2.45, 2.75) is 45.4 Å². The summed E-state index contributed by atoms with van der Waals surface area (Å²) in [7, 11) is 0. The molecule has 0 unspecified atom stereocenters. The Hall–Kier alpha value is -1.57. The molecule has 0 amide bonds. The number of hydrogen-bond acceptors (Lipinski definition) is 1. The van der Waals surface area contributed by atoms with E-state index in [2.05, 4.69) is 6.92 Å². The molecule has 1 rings (SSSR count). The van der Waals surface area contributed by atoms with E-state index >= 15 is 0 Å². The molecule has 1 aromatic carbocycles. The molecule has 0 radical (unpaired) electrons. The van der Waals surface area contributed by atoms with Crippen molar-refractivity contribution in [3.05, 3.63) is 42.0 Å². The van der Waals surface area contributed by atoms with Gasteiger partial charge in [0.2, 0.25) is 0 Å². The van der Waals surface area contributed by atoms with E-state index in [1.807, 2.05) is 36.4 Å². The van der Waals surface area contributed by atoms with Crippen LogP contribution in [0.25, 0.3) is 5.57 Å². The molecule has 0 bridgehead atoms. The fraction of sp³-hybridized carbons (Fsp3) is 0.438. The third kappa shape index (κ3) is 5.17. The van der Waals surface area contributed by atoms with Crippen LogP contribution in [0.1, 0.15) is 51.0 Å². The van der Waals surface area contributed by atoms with Gasteiger partial charge in [-0.2, -0.15) is 0 Å². The Morgan fingerprint density at radius 1 is 1.11 bits per heavy atom. The normalized spacial score (nSPS) is 11.5. The minimum absolute atomic E-state index is 0.422. The standard InChI is InChI=1S/C16H22O2/c1-2-3-4-5-6-10-13-15(16(17)18)14-11-8-7-9-12-14/h7-9,11-13H,2-6,10H2,1H3,(H,17,18). The molecule has 1 aromatic rings. The number of allylic oxidation sites excluding steroid dienone is 1. The molecule has 1 N–H and O–H groups in total. The van der Waals surface area contributed by atoms with Gasteiger partial charge in [-0.25, -0.2) is 4.79 Å². The van der Waals surface area contributed by atoms with Gasteiger partial charge in [0.1, 0.15) is 0 Å². The molecule has 0 aliphatic rings. The van der Waals surface area contributed by atoms with Gasteiger partial charge < -0.3 is 5.11 Å². The third-order valence-electron chi connectivity index (χ3n) is 2.97. The van der Waals surface area contributed by atoms with Crippen LogP contribution in [0.4, 0.5) is 0 Å². The van der Waals surface area contributed by atoms with Crippen molar-refractivity contribution in [3.8, 4) is 0 Å². The summed E-state index contributed by atoms with van der Waals surface area (Å²) in [5.41, 5.74) is 1.21. The quantitative estimate of drug-likeness (QED) is 0.541. The predicted octanol–water partition coefficient (Wildman–Crippen LogP) is 4.52. The summed E-state index contributed by atoms with van der Waals surface area (Å²) in [5.74, 6) is -0.838. The Labute approximate surface area is 109 Å². The van der Waals surface area contributed by atoms with Gasteiger partial charge in [0, 0.05) is 0 Å². The molecule has 0 spiro atoms. The molecule has 0 saturated heterocycles. The molecule has 2 nitrogen and oxygen atoms in total. The highest BCUT2D eigenvalue weighted by molar-refractivity contribution is 6.15. The lowest BCUT2D eigenvalue weighted by molar-refractivity contribution is -0.130. The van der Waals surface area contributed by atoms with Gasteiger partial charge in [-0.15, -0.1) is 0 Å². The maximum Gasteiger partial charge on any atom is 0.335 e. The first-order valence-electron chi connectivity index (χ1n) is 6.74. The zero-order valence-corrected chi connectivity index (χ0v) is 11.1. The van der Waals surface area contributed by atoms with E-state index in [-0.39, 0.29) is 0 Å². The van der Waals surface area contributed by atoms with Crippen LogP contribution in [-0.4, -0.2) is 11.1 Å². The van der Waals surface area contributed by atoms with Crippen molar-refractivity contribution in [2.24, 2.45) is 0 Å². The number of carboxylic acids is 1. The van der Waals surface area contributed by atoms with Gasteiger partial charge in [0.05, 0.1) is 5.57 Å². The highest BCUT2D eigenvalue weighted by Crippen LogP contribution is 2.16. The van der Waals surface area contributed by atoms with Crippen LogP contribution in [0.3, 0.4) is 0 Å². The monoisotopic (exact) mass is 246 g/mol. The van der Waals surface area contributed by atoms with Gasteiger partial charge in [-0.1, -0.05) is 69.0 Å². The van der Waals surface area contributed by atoms with Crippen LogP contribution in [0, 0.1) is 0 Å². The summed E-state index contributed by atoms with van der Waals surface area (Å²) in [5, 5.41) is 9.20. The Morgan fingerprint density at radius 2 is 1.78 bits per heavy atom. The first kappa shape index (κ1) is 14.5. The second kappa shape index (κ2) is 8.51. The number of rotatable bonds is 8. The molecule has 0 fully saturated rings. The zero-order valence-electron chi connectivity index (χ0n) is 11.1. The first-order chi connectivity index (χ1) is 8.75. The van der Waals surface area contributed by atoms with E-state index in [1.54, 1.807) is 0 Å². The molecule has 98 valence electrons. The minimum atomic E-state index is -0.838. The minimum Gasteiger partial charge on any atom is -0.478 e. The van der Waals surface area contributed by atoms with E-state index in [0.29, 0.717) is 5.57 Å². The molecular weight excluding hydrogens is 224 g/mol. The van der Waals surface area contributed by atoms with Gasteiger partial charge in [-0.3, -0.25) is 0 Å². The lowest BCUT2D eigenvalue weighted by atomic mass is 10.0. The molecule has 2 heteroatoms. The fourth-order valence-corrected chi connectivity index (χ4v) is 1.94. The average molecular weight is 246 g/mol. The Morgan fingerprint density at radius 3 is 2.39 bits per heavy atom. The zero-order chi connectivity index (χ0) is 13.2. The molecular formula is C16H22O2. The molecule has 0 aliphatic heterocycles. The summed E-state index contributed by atoms with van der Waals surface area (Å²) in [6.45, 7) is 2.19. The Balaban J connectivity index is 2.50. The topological polar surface area (TPSA) is 37.3 Å². The summed E-state index contributed by atoms with van der Waals surface area (Å²) >= 11 is 0. The molecule has 0 atom stereocenters. The third-order valence-corrected chi connectivity index (χ3v) is 2.97. The number of hydrogen-bond donors (Lipinski definition) is 1. The number of carbonyl (C=O) groups is 1. The molecule has 18 heavy (non-hydrogen) atoms. The van der Waals surface area contributed by atoms with Crippen LogP contribution in [-0.2, 0) is 4.79 Å². The largest absolute Gasteiger partial charge is 0.478 e. The van der Waals surface area contributed by atoms with Gasteiger partial charge in [-0.05, 0) is 18.4 Å². The summed E-state index contributed by atoms with van der Waals surface area (Å²) in [6.07, 6.45) is 8.71. The SMILES string of the molecule is CCCCCCCC=C(C(=O)O)c1ccccc1. The van der Waals surface area contributed by atoms with Crippen LogP contribution in [0.2, 0.25) is 0 Å². The van der Waals surface area contributed by atoms with Gasteiger partial charge in [0.25, 0.3) is 0 Å². The lowest BCUT2D eigenvalue weighted by Gasteiger charge is -2.03. The van der Waals surface area contributed by atoms with Crippen LogP contribution in [0.5, 0.6) is 0 Å². The van der Waals surface area contributed by atoms with Crippen LogP contribution < -0.4 is 0 Å². The molecule has 0 saturated carbocycles. The fourth-order valence-electron chi connectivity index (χ4n) is 1.94. The maximum absolute atomic E-state index is 11.2. The van der Waals surface area contributed by atoms with E-state index in [9.17, 15) is 9.90 Å². The van der Waals surface area contributed by atoms with E-state index in [0.717, 1.165) is 18.4 Å². The molecule has 0 aromatic heterocycles. The number of benzene rings is 1. The van der Waals surface area contributed by atoms with Crippen LogP contribution >= 0.6 is 0 Å². The molecule has 0 heterocycles. The van der Waals surface area contributed by atoms with E-state index in [4.69, 9.17) is 0 Å². The number of carboxylic acid groups (broad SMARTS) is 1. The van der Waals surface area contributed by atoms with Crippen LogP contribution in [0.15, 0.2) is 36.4 Å². The number of unbranched alkanes of at least 4 members (excludes halogenated alkanes) is 5. The van der Waals surface area contributed by atoms with Crippen molar-refractivity contribution in [2.75, 3.05) is 0 Å². The first-order valence-corrected chi connectivity index (χ1v) is 6.74. The predicted molar refractivity (Wildman–Crippen MR) is 75.4 cm³/mol. The van der Waals surface area contributed by atoms with Crippen molar-refractivity contribution in [1.29, 1.82) is 0 Å². The highest BCUT2D eigenvalue weighted by atomic mass is 16.4. The summed E-state index contributed by atoms with van der Waals surface area (Å²) < 4.78 is 0. The smallest absolute Gasteiger partial charge is 0.335 e. The maximum atomic E-state index is 11.2. The lowest BCUT2D eigenvalue weighted by Crippen LogP contribution is -1.99. The second-order valence-corrected chi connectivity index (χ2v) is 4.49.